The zero-order valence-electron chi connectivity index (χ0n) is 9.93. The van der Waals surface area contributed by atoms with Gasteiger partial charge in [0.15, 0.2) is 0 Å². The van der Waals surface area contributed by atoms with Gasteiger partial charge in [0, 0.05) is 18.8 Å². The molecule has 2 rings (SSSR count). The van der Waals surface area contributed by atoms with Crippen LogP contribution in [0, 0.1) is 0 Å². The molecule has 19 heavy (non-hydrogen) atoms. The van der Waals surface area contributed by atoms with Crippen LogP contribution in [0.1, 0.15) is 6.42 Å². The Morgan fingerprint density at radius 2 is 2.21 bits per heavy atom. The Morgan fingerprint density at radius 3 is 2.89 bits per heavy atom. The van der Waals surface area contributed by atoms with E-state index in [1.807, 2.05) is 0 Å². The zero-order chi connectivity index (χ0) is 13.7. The number of aryl methyl sites for hydroxylation is 1. The van der Waals surface area contributed by atoms with Gasteiger partial charge in [-0.25, -0.2) is 0 Å². The van der Waals surface area contributed by atoms with E-state index in [4.69, 9.17) is 5.11 Å². The Morgan fingerprint density at radius 1 is 1.37 bits per heavy atom. The number of carbonyl (C=O) groups is 2. The summed E-state index contributed by atoms with van der Waals surface area (Å²) < 4.78 is 2.78. The molecule has 2 aromatic heterocycles. The van der Waals surface area contributed by atoms with Crippen LogP contribution in [0.2, 0.25) is 0 Å². The zero-order valence-corrected chi connectivity index (χ0v) is 9.93. The van der Waals surface area contributed by atoms with E-state index >= 15 is 0 Å². The van der Waals surface area contributed by atoms with E-state index in [0.29, 0.717) is 12.2 Å². The lowest BCUT2D eigenvalue weighted by molar-refractivity contribution is -0.137. The molecule has 0 unspecified atom stereocenters. The number of nitrogens with zero attached hydrogens (tertiary/aromatic N) is 5. The fourth-order valence-corrected chi connectivity index (χ4v) is 1.44. The van der Waals surface area contributed by atoms with E-state index in [-0.39, 0.29) is 18.9 Å². The molecule has 2 heterocycles. The number of carboxylic acids is 1. The standard InChI is InChI=1S/C10H12N6O3/c17-9(1-3-15-4-2-11-14-15)13-8-5-12-16(6-8)7-10(18)19/h2,4-6H,1,3,7H2,(H,13,17)(H,18,19). The summed E-state index contributed by atoms with van der Waals surface area (Å²) in [7, 11) is 0. The van der Waals surface area contributed by atoms with Crippen molar-refractivity contribution in [3.8, 4) is 0 Å². The van der Waals surface area contributed by atoms with Gasteiger partial charge in [-0.3, -0.25) is 19.0 Å². The van der Waals surface area contributed by atoms with Crippen molar-refractivity contribution >= 4 is 17.6 Å². The van der Waals surface area contributed by atoms with Gasteiger partial charge in [0.1, 0.15) is 6.54 Å². The van der Waals surface area contributed by atoms with Crippen LogP contribution in [0.3, 0.4) is 0 Å². The lowest BCUT2D eigenvalue weighted by Gasteiger charge is -2.02. The molecule has 9 nitrogen and oxygen atoms in total. The van der Waals surface area contributed by atoms with Crippen LogP contribution in [-0.4, -0.2) is 41.8 Å². The molecular weight excluding hydrogens is 252 g/mol. The SMILES string of the molecule is O=C(O)Cn1cc(NC(=O)CCn2ccnn2)cn1. The van der Waals surface area contributed by atoms with Crippen LogP contribution in [0.4, 0.5) is 5.69 Å². The Kier molecular flexibility index (Phi) is 3.86. The third-order valence-corrected chi connectivity index (χ3v) is 2.25. The highest BCUT2D eigenvalue weighted by molar-refractivity contribution is 5.90. The summed E-state index contributed by atoms with van der Waals surface area (Å²) in [4.78, 5) is 22.1. The summed E-state index contributed by atoms with van der Waals surface area (Å²) in [6, 6.07) is 0. The van der Waals surface area contributed by atoms with Crippen molar-refractivity contribution in [1.82, 2.24) is 24.8 Å². The van der Waals surface area contributed by atoms with Crippen molar-refractivity contribution in [2.24, 2.45) is 0 Å². The summed E-state index contributed by atoms with van der Waals surface area (Å²) in [5.74, 6) is -1.20. The quantitative estimate of drug-likeness (QED) is 0.732. The third kappa shape index (κ3) is 3.91. The molecule has 0 spiro atoms. The molecule has 0 saturated heterocycles. The number of amides is 1. The Hall–Kier alpha value is -2.71. The molecule has 100 valence electrons. The first kappa shape index (κ1) is 12.7. The predicted octanol–water partition coefficient (Wildman–Crippen LogP) is -0.412. The smallest absolute Gasteiger partial charge is 0.325 e. The van der Waals surface area contributed by atoms with E-state index < -0.39 is 5.97 Å². The van der Waals surface area contributed by atoms with E-state index in [0.717, 1.165) is 0 Å². The number of carbonyl (C=O) groups excluding carboxylic acids is 1. The number of anilines is 1. The second kappa shape index (κ2) is 5.76. The van der Waals surface area contributed by atoms with Crippen LogP contribution < -0.4 is 5.32 Å². The van der Waals surface area contributed by atoms with Crippen LogP contribution in [0.25, 0.3) is 0 Å². The predicted molar refractivity (Wildman–Crippen MR) is 63.1 cm³/mol. The Labute approximate surface area is 107 Å². The highest BCUT2D eigenvalue weighted by Crippen LogP contribution is 2.05. The fraction of sp³-hybridized carbons (Fsp3) is 0.300. The van der Waals surface area contributed by atoms with Crippen LogP contribution in [0.5, 0.6) is 0 Å². The van der Waals surface area contributed by atoms with Gasteiger partial charge in [-0.1, -0.05) is 5.21 Å². The number of nitrogens with one attached hydrogen (secondary N) is 1. The second-order valence-electron chi connectivity index (χ2n) is 3.78. The van der Waals surface area contributed by atoms with E-state index in [2.05, 4.69) is 20.7 Å². The highest BCUT2D eigenvalue weighted by atomic mass is 16.4. The minimum Gasteiger partial charge on any atom is -0.480 e. The first-order chi connectivity index (χ1) is 9.13. The maximum absolute atomic E-state index is 11.6. The van der Waals surface area contributed by atoms with Gasteiger partial charge < -0.3 is 10.4 Å². The van der Waals surface area contributed by atoms with E-state index in [1.54, 1.807) is 10.9 Å². The summed E-state index contributed by atoms with van der Waals surface area (Å²) in [5.41, 5.74) is 0.463. The number of rotatable bonds is 6. The molecule has 2 aromatic rings. The van der Waals surface area contributed by atoms with Crippen LogP contribution in [0.15, 0.2) is 24.8 Å². The molecule has 1 amide bonds. The molecular formula is C10H12N6O3. The molecule has 0 fully saturated rings. The Bertz CT molecular complexity index is 562. The highest BCUT2D eigenvalue weighted by Gasteiger charge is 2.06. The molecule has 0 aliphatic carbocycles. The maximum Gasteiger partial charge on any atom is 0.325 e. The van der Waals surface area contributed by atoms with Crippen molar-refractivity contribution in [1.29, 1.82) is 0 Å². The Balaban J connectivity index is 1.81. The molecule has 0 aliphatic heterocycles. The van der Waals surface area contributed by atoms with Gasteiger partial charge in [0.2, 0.25) is 5.91 Å². The molecule has 0 aliphatic rings. The molecule has 0 bridgehead atoms. The monoisotopic (exact) mass is 264 g/mol. The minimum atomic E-state index is -0.993. The van der Waals surface area contributed by atoms with Crippen molar-refractivity contribution in [2.75, 3.05) is 5.32 Å². The summed E-state index contributed by atoms with van der Waals surface area (Å²) in [6.07, 6.45) is 6.30. The van der Waals surface area contributed by atoms with Gasteiger partial charge in [0.05, 0.1) is 24.6 Å². The van der Waals surface area contributed by atoms with Crippen LogP contribution >= 0.6 is 0 Å². The summed E-state index contributed by atoms with van der Waals surface area (Å²) >= 11 is 0. The summed E-state index contributed by atoms with van der Waals surface area (Å²) in [6.45, 7) is 0.184. The lowest BCUT2D eigenvalue weighted by Crippen LogP contribution is -2.14. The van der Waals surface area contributed by atoms with E-state index in [1.165, 1.54) is 23.3 Å². The van der Waals surface area contributed by atoms with E-state index in [9.17, 15) is 9.59 Å². The molecule has 0 saturated carbocycles. The molecule has 0 aromatic carbocycles. The van der Waals surface area contributed by atoms with Gasteiger partial charge in [-0.2, -0.15) is 5.10 Å². The normalized spacial score (nSPS) is 10.3. The number of carboxylic acid groups (broad SMARTS) is 1. The molecule has 0 radical (unpaired) electrons. The fourth-order valence-electron chi connectivity index (χ4n) is 1.44. The first-order valence-corrected chi connectivity index (χ1v) is 5.51. The molecule has 0 atom stereocenters. The van der Waals surface area contributed by atoms with Crippen molar-refractivity contribution in [3.63, 3.8) is 0 Å². The van der Waals surface area contributed by atoms with Crippen molar-refractivity contribution < 1.29 is 14.7 Å². The second-order valence-corrected chi connectivity index (χ2v) is 3.78. The first-order valence-electron chi connectivity index (χ1n) is 5.51. The number of hydrogen-bond donors (Lipinski definition) is 2. The van der Waals surface area contributed by atoms with Gasteiger partial charge in [-0.05, 0) is 0 Å². The molecule has 9 heteroatoms. The number of aliphatic carboxylic acids is 1. The largest absolute Gasteiger partial charge is 0.480 e. The topological polar surface area (TPSA) is 115 Å². The third-order valence-electron chi connectivity index (χ3n) is 2.25. The average Bonchev–Trinajstić information content (AvgIpc) is 2.97. The summed E-state index contributed by atoms with van der Waals surface area (Å²) in [5, 5.41) is 22.4. The van der Waals surface area contributed by atoms with Crippen LogP contribution in [-0.2, 0) is 22.7 Å². The molecule has 2 N–H and O–H groups in total. The van der Waals surface area contributed by atoms with Crippen molar-refractivity contribution in [3.05, 3.63) is 24.8 Å². The van der Waals surface area contributed by atoms with Gasteiger partial charge in [0.25, 0.3) is 0 Å². The maximum atomic E-state index is 11.6. The van der Waals surface area contributed by atoms with Gasteiger partial charge >= 0.3 is 5.97 Å². The lowest BCUT2D eigenvalue weighted by atomic mass is 10.4. The van der Waals surface area contributed by atoms with Crippen molar-refractivity contribution in [2.45, 2.75) is 19.5 Å². The van der Waals surface area contributed by atoms with Gasteiger partial charge in [-0.15, -0.1) is 5.10 Å². The number of hydrogen-bond acceptors (Lipinski definition) is 5. The minimum absolute atomic E-state index is 0.203. The average molecular weight is 264 g/mol. The number of aromatic nitrogens is 5.